The molecule has 2 rings (SSSR count). The summed E-state index contributed by atoms with van der Waals surface area (Å²) in [5.74, 6) is -0.318. The molecule has 1 atom stereocenters. The van der Waals surface area contributed by atoms with Gasteiger partial charge in [-0.1, -0.05) is 0 Å². The van der Waals surface area contributed by atoms with Crippen LogP contribution < -0.4 is 20.4 Å². The lowest BCUT2D eigenvalue weighted by atomic mass is 10.2. The maximum Gasteiger partial charge on any atom is 0.275 e. The number of quaternary nitrogens is 1. The molecule has 0 saturated carbocycles. The zero-order chi connectivity index (χ0) is 19.1. The quantitative estimate of drug-likeness (QED) is 0.422. The monoisotopic (exact) mass is 364 g/mol. The molecule has 1 saturated heterocycles. The van der Waals surface area contributed by atoms with Crippen LogP contribution in [0.3, 0.4) is 0 Å². The van der Waals surface area contributed by atoms with Crippen molar-refractivity contribution in [1.29, 1.82) is 0 Å². The molecule has 9 heteroatoms. The average Bonchev–Trinajstić information content (AvgIpc) is 2.62. The van der Waals surface area contributed by atoms with Crippen LogP contribution in [0.25, 0.3) is 0 Å². The van der Waals surface area contributed by atoms with Crippen LogP contribution in [0.2, 0.25) is 0 Å². The van der Waals surface area contributed by atoms with Crippen molar-refractivity contribution in [1.82, 2.24) is 10.6 Å². The number of nitrogens with one attached hydrogen (secondary N) is 3. The summed E-state index contributed by atoms with van der Waals surface area (Å²) < 4.78 is 0. The second-order valence-electron chi connectivity index (χ2n) is 6.37. The summed E-state index contributed by atoms with van der Waals surface area (Å²) in [5.41, 5.74) is 1.03. The van der Waals surface area contributed by atoms with Crippen LogP contribution in [0, 0.1) is 10.1 Å². The standard InChI is InChI=1S/C17H25N5O4/c1-3-18-17(24)13(2)19-16(23)12-20-8-10-21(11-9-20)14-4-6-15(7-5-14)22(25)26/h4-7,13H,3,8-12H2,1-2H3,(H,18,24)(H,19,23)/p+1/t13-/m1/s1. The molecule has 1 fully saturated rings. The number of nitro groups is 1. The molecule has 0 aromatic heterocycles. The zero-order valence-electron chi connectivity index (χ0n) is 15.2. The lowest BCUT2D eigenvalue weighted by molar-refractivity contribution is -0.892. The molecule has 9 nitrogen and oxygen atoms in total. The number of hydrogen-bond donors (Lipinski definition) is 3. The van der Waals surface area contributed by atoms with Crippen LogP contribution >= 0.6 is 0 Å². The zero-order valence-corrected chi connectivity index (χ0v) is 15.2. The molecule has 0 aliphatic carbocycles. The highest BCUT2D eigenvalue weighted by atomic mass is 16.6. The maximum atomic E-state index is 12.1. The maximum absolute atomic E-state index is 12.1. The van der Waals surface area contributed by atoms with Crippen molar-refractivity contribution in [2.45, 2.75) is 19.9 Å². The second kappa shape index (κ2) is 9.14. The minimum atomic E-state index is -0.539. The molecule has 3 N–H and O–H groups in total. The third kappa shape index (κ3) is 5.41. The largest absolute Gasteiger partial charge is 0.360 e. The van der Waals surface area contributed by atoms with Crippen molar-refractivity contribution in [2.24, 2.45) is 0 Å². The molecule has 1 aliphatic rings. The number of hydrogen-bond acceptors (Lipinski definition) is 5. The first kappa shape index (κ1) is 19.6. The van der Waals surface area contributed by atoms with Crippen molar-refractivity contribution in [2.75, 3.05) is 44.2 Å². The molecule has 0 radical (unpaired) electrons. The van der Waals surface area contributed by atoms with Gasteiger partial charge in [-0.05, 0) is 26.0 Å². The molecule has 26 heavy (non-hydrogen) atoms. The Morgan fingerprint density at radius 1 is 1.27 bits per heavy atom. The number of amides is 2. The predicted octanol–water partition coefficient (Wildman–Crippen LogP) is -1.06. The molecular weight excluding hydrogens is 338 g/mol. The van der Waals surface area contributed by atoms with Gasteiger partial charge >= 0.3 is 0 Å². The van der Waals surface area contributed by atoms with Crippen LogP contribution in [-0.4, -0.2) is 62.0 Å². The van der Waals surface area contributed by atoms with E-state index in [1.165, 1.54) is 12.1 Å². The second-order valence-corrected chi connectivity index (χ2v) is 6.37. The van der Waals surface area contributed by atoms with E-state index >= 15 is 0 Å². The van der Waals surface area contributed by atoms with Gasteiger partial charge in [0.15, 0.2) is 6.54 Å². The summed E-state index contributed by atoms with van der Waals surface area (Å²) in [6.45, 7) is 7.50. The Bertz CT molecular complexity index is 641. The molecule has 0 unspecified atom stereocenters. The Labute approximate surface area is 152 Å². The molecule has 1 aliphatic heterocycles. The third-order valence-corrected chi connectivity index (χ3v) is 4.43. The number of non-ortho nitro benzene ring substituents is 1. The van der Waals surface area contributed by atoms with E-state index in [9.17, 15) is 19.7 Å². The number of piperazine rings is 1. The summed E-state index contributed by atoms with van der Waals surface area (Å²) in [7, 11) is 0. The first-order chi connectivity index (χ1) is 12.4. The fraction of sp³-hybridized carbons (Fsp3) is 0.529. The highest BCUT2D eigenvalue weighted by molar-refractivity contribution is 5.87. The molecule has 1 aromatic carbocycles. The van der Waals surface area contributed by atoms with Gasteiger partial charge < -0.3 is 20.4 Å². The molecule has 0 bridgehead atoms. The lowest BCUT2D eigenvalue weighted by Crippen LogP contribution is -3.16. The Morgan fingerprint density at radius 2 is 1.88 bits per heavy atom. The van der Waals surface area contributed by atoms with Gasteiger partial charge in [-0.3, -0.25) is 19.7 Å². The molecule has 142 valence electrons. The number of carbonyl (C=O) groups excluding carboxylic acids is 2. The summed E-state index contributed by atoms with van der Waals surface area (Å²) in [4.78, 5) is 37.4. The van der Waals surface area contributed by atoms with Crippen molar-refractivity contribution in [3.63, 3.8) is 0 Å². The van der Waals surface area contributed by atoms with Crippen molar-refractivity contribution in [3.8, 4) is 0 Å². The van der Waals surface area contributed by atoms with Crippen LogP contribution in [0.5, 0.6) is 0 Å². The summed E-state index contributed by atoms with van der Waals surface area (Å²) in [6, 6.07) is 5.98. The molecular formula is C17H26N5O4+. The normalized spacial score (nSPS) is 16.0. The smallest absolute Gasteiger partial charge is 0.275 e. The number of nitrogens with zero attached hydrogens (tertiary/aromatic N) is 2. The van der Waals surface area contributed by atoms with Gasteiger partial charge in [0.1, 0.15) is 6.04 Å². The van der Waals surface area contributed by atoms with Gasteiger partial charge in [0.2, 0.25) is 5.91 Å². The topological polar surface area (TPSA) is 109 Å². The number of likely N-dealkylation sites (N-methyl/N-ethyl adjacent to an activating group) is 1. The van der Waals surface area contributed by atoms with E-state index in [4.69, 9.17) is 0 Å². The van der Waals surface area contributed by atoms with E-state index in [0.717, 1.165) is 36.8 Å². The lowest BCUT2D eigenvalue weighted by Gasteiger charge is -2.33. The van der Waals surface area contributed by atoms with E-state index in [2.05, 4.69) is 15.5 Å². The average molecular weight is 364 g/mol. The van der Waals surface area contributed by atoms with E-state index < -0.39 is 11.0 Å². The number of anilines is 1. The molecule has 1 aromatic rings. The Kier molecular flexibility index (Phi) is 6.90. The first-order valence-electron chi connectivity index (χ1n) is 8.80. The first-order valence-corrected chi connectivity index (χ1v) is 8.80. The summed E-state index contributed by atoms with van der Waals surface area (Å²) in [6.07, 6.45) is 0. The highest BCUT2D eigenvalue weighted by Gasteiger charge is 2.24. The van der Waals surface area contributed by atoms with E-state index in [1.54, 1.807) is 19.1 Å². The van der Waals surface area contributed by atoms with Gasteiger partial charge in [-0.25, -0.2) is 0 Å². The van der Waals surface area contributed by atoms with Crippen LogP contribution in [0.4, 0.5) is 11.4 Å². The van der Waals surface area contributed by atoms with Gasteiger partial charge in [-0.2, -0.15) is 0 Å². The van der Waals surface area contributed by atoms with E-state index in [0.29, 0.717) is 13.1 Å². The van der Waals surface area contributed by atoms with E-state index in [-0.39, 0.29) is 17.5 Å². The minimum absolute atomic E-state index is 0.0795. The Balaban J connectivity index is 1.78. The molecule has 1 heterocycles. The summed E-state index contributed by atoms with van der Waals surface area (Å²) >= 11 is 0. The van der Waals surface area contributed by atoms with Gasteiger partial charge in [-0.15, -0.1) is 0 Å². The van der Waals surface area contributed by atoms with Crippen molar-refractivity contribution >= 4 is 23.2 Å². The predicted molar refractivity (Wildman–Crippen MR) is 97.2 cm³/mol. The number of carbonyl (C=O) groups is 2. The number of nitro benzene ring substituents is 1. The van der Waals surface area contributed by atoms with Crippen LogP contribution in [0.15, 0.2) is 24.3 Å². The fourth-order valence-electron chi connectivity index (χ4n) is 2.96. The van der Waals surface area contributed by atoms with Gasteiger partial charge in [0, 0.05) is 24.4 Å². The highest BCUT2D eigenvalue weighted by Crippen LogP contribution is 2.19. The van der Waals surface area contributed by atoms with Crippen LogP contribution in [-0.2, 0) is 9.59 Å². The molecule has 2 amide bonds. The number of rotatable bonds is 7. The summed E-state index contributed by atoms with van der Waals surface area (Å²) in [5, 5.41) is 16.1. The van der Waals surface area contributed by atoms with Gasteiger partial charge in [0.05, 0.1) is 31.1 Å². The Morgan fingerprint density at radius 3 is 2.42 bits per heavy atom. The Hall–Kier alpha value is -2.68. The SMILES string of the molecule is CCNC(=O)[C@@H](C)NC(=O)C[NH+]1CCN(c2ccc([N+](=O)[O-])cc2)CC1. The van der Waals surface area contributed by atoms with Crippen LogP contribution in [0.1, 0.15) is 13.8 Å². The van der Waals surface area contributed by atoms with Crippen molar-refractivity contribution in [3.05, 3.63) is 34.4 Å². The minimum Gasteiger partial charge on any atom is -0.360 e. The third-order valence-electron chi connectivity index (χ3n) is 4.43. The van der Waals surface area contributed by atoms with Gasteiger partial charge in [0.25, 0.3) is 11.6 Å². The van der Waals surface area contributed by atoms with Crippen molar-refractivity contribution < 1.29 is 19.4 Å². The fourth-order valence-corrected chi connectivity index (χ4v) is 2.96. The molecule has 0 spiro atoms. The van der Waals surface area contributed by atoms with E-state index in [1.807, 2.05) is 6.92 Å². The number of benzene rings is 1.